The van der Waals surface area contributed by atoms with Crippen molar-refractivity contribution >= 4 is 11.3 Å². The molecule has 2 aromatic rings. The molecule has 1 nitrogen and oxygen atoms in total. The van der Waals surface area contributed by atoms with E-state index in [0.717, 1.165) is 0 Å². The fraction of sp³-hybridized carbons (Fsp3) is 0.100. The molecule has 0 aliphatic heterocycles. The first-order chi connectivity index (χ1) is 6.79. The van der Waals surface area contributed by atoms with Crippen molar-refractivity contribution in [2.45, 2.75) is 6.43 Å². The molecule has 0 amide bonds. The summed E-state index contributed by atoms with van der Waals surface area (Å²) in [5.41, 5.74) is 0.569. The number of nitrogens with zero attached hydrogens (tertiary/aromatic N) is 1. The molecule has 14 heavy (non-hydrogen) atoms. The van der Waals surface area contributed by atoms with Crippen LogP contribution < -0.4 is 0 Å². The summed E-state index contributed by atoms with van der Waals surface area (Å²) in [6.07, 6.45) is -0.836. The zero-order valence-electron chi connectivity index (χ0n) is 7.15. The van der Waals surface area contributed by atoms with E-state index >= 15 is 0 Å². The largest absolute Gasteiger partial charge is 0.264 e. The maximum Gasteiger partial charge on any atom is 0.264 e. The molecule has 1 heterocycles. The molecule has 1 aromatic carbocycles. The summed E-state index contributed by atoms with van der Waals surface area (Å²) in [6, 6.07) is 6.45. The van der Waals surface area contributed by atoms with Gasteiger partial charge in [0.1, 0.15) is 5.01 Å². The van der Waals surface area contributed by atoms with Gasteiger partial charge < -0.3 is 0 Å². The van der Waals surface area contributed by atoms with E-state index in [0.29, 0.717) is 10.6 Å². The topological polar surface area (TPSA) is 12.9 Å². The molecular weight excluding hydrogens is 204 g/mol. The van der Waals surface area contributed by atoms with Gasteiger partial charge in [-0.05, 0) is 0 Å². The monoisotopic (exact) mass is 211 g/mol. The second-order valence-electron chi connectivity index (χ2n) is 2.73. The van der Waals surface area contributed by atoms with Crippen molar-refractivity contribution in [3.05, 3.63) is 41.4 Å². The molecule has 0 saturated heterocycles. The first-order valence-electron chi connectivity index (χ1n) is 4.06. The van der Waals surface area contributed by atoms with E-state index in [1.54, 1.807) is 29.8 Å². The van der Waals surface area contributed by atoms with Crippen LogP contribution in [0.2, 0.25) is 0 Å². The average Bonchev–Trinajstić information content (AvgIpc) is 2.70. The van der Waals surface area contributed by atoms with Gasteiger partial charge in [0.25, 0.3) is 6.43 Å². The first-order valence-corrected chi connectivity index (χ1v) is 4.94. The highest BCUT2D eigenvalue weighted by atomic mass is 32.1. The van der Waals surface area contributed by atoms with Gasteiger partial charge in [0, 0.05) is 22.7 Å². The third kappa shape index (κ3) is 1.65. The van der Waals surface area contributed by atoms with E-state index in [1.165, 1.54) is 17.4 Å². The van der Waals surface area contributed by atoms with Crippen molar-refractivity contribution in [1.82, 2.24) is 4.98 Å². The Morgan fingerprint density at radius 1 is 1.21 bits per heavy atom. The summed E-state index contributed by atoms with van der Waals surface area (Å²) < 4.78 is 25.2. The number of halogens is 2. The van der Waals surface area contributed by atoms with Crippen LogP contribution in [0.25, 0.3) is 10.6 Å². The van der Waals surface area contributed by atoms with Crippen LogP contribution in [-0.2, 0) is 0 Å². The standard InChI is InChI=1S/C10H7F2NS/c11-9(12)7-3-1-2-4-8(7)10-13-5-6-14-10/h1-6,9H. The lowest BCUT2D eigenvalue weighted by atomic mass is 10.1. The summed E-state index contributed by atoms with van der Waals surface area (Å²) in [4.78, 5) is 4.01. The van der Waals surface area contributed by atoms with E-state index in [9.17, 15) is 8.78 Å². The SMILES string of the molecule is FC(F)c1ccccc1-c1nccs1. The highest BCUT2D eigenvalue weighted by molar-refractivity contribution is 7.13. The first kappa shape index (κ1) is 9.27. The Morgan fingerprint density at radius 2 is 2.00 bits per heavy atom. The lowest BCUT2D eigenvalue weighted by Gasteiger charge is -2.04. The molecule has 0 bridgehead atoms. The molecule has 1 aromatic heterocycles. The Balaban J connectivity index is 2.53. The fourth-order valence-corrected chi connectivity index (χ4v) is 1.92. The van der Waals surface area contributed by atoms with E-state index in [4.69, 9.17) is 0 Å². The summed E-state index contributed by atoms with van der Waals surface area (Å²) in [5, 5.41) is 2.42. The third-order valence-electron chi connectivity index (χ3n) is 1.86. The van der Waals surface area contributed by atoms with Gasteiger partial charge in [0.15, 0.2) is 0 Å². The summed E-state index contributed by atoms with van der Waals surface area (Å²) >= 11 is 1.36. The lowest BCUT2D eigenvalue weighted by Crippen LogP contribution is -1.88. The van der Waals surface area contributed by atoms with Gasteiger partial charge in [-0.25, -0.2) is 13.8 Å². The van der Waals surface area contributed by atoms with Gasteiger partial charge in [-0.15, -0.1) is 11.3 Å². The van der Waals surface area contributed by atoms with E-state index < -0.39 is 6.43 Å². The predicted octanol–water partition coefficient (Wildman–Crippen LogP) is 3.75. The number of benzene rings is 1. The van der Waals surface area contributed by atoms with Crippen LogP contribution in [0.15, 0.2) is 35.8 Å². The van der Waals surface area contributed by atoms with Crippen LogP contribution >= 0.6 is 11.3 Å². The van der Waals surface area contributed by atoms with E-state index in [1.807, 2.05) is 0 Å². The Labute approximate surface area is 84.0 Å². The molecule has 0 aliphatic rings. The maximum atomic E-state index is 12.6. The minimum absolute atomic E-state index is 0.0439. The molecule has 0 aliphatic carbocycles. The summed E-state index contributed by atoms with van der Waals surface area (Å²) in [6.45, 7) is 0. The van der Waals surface area contributed by atoms with Gasteiger partial charge in [0.2, 0.25) is 0 Å². The Bertz CT molecular complexity index is 412. The Kier molecular flexibility index (Phi) is 2.54. The molecule has 0 N–H and O–H groups in total. The number of aromatic nitrogens is 1. The Morgan fingerprint density at radius 3 is 2.64 bits per heavy atom. The maximum absolute atomic E-state index is 12.6. The fourth-order valence-electron chi connectivity index (χ4n) is 1.24. The smallest absolute Gasteiger partial charge is 0.245 e. The lowest BCUT2D eigenvalue weighted by molar-refractivity contribution is 0.152. The Hall–Kier alpha value is -1.29. The second kappa shape index (κ2) is 3.84. The average molecular weight is 211 g/mol. The van der Waals surface area contributed by atoms with E-state index in [2.05, 4.69) is 4.98 Å². The molecule has 0 fully saturated rings. The highest BCUT2D eigenvalue weighted by Gasteiger charge is 2.14. The quantitative estimate of drug-likeness (QED) is 0.737. The molecule has 4 heteroatoms. The van der Waals surface area contributed by atoms with Crippen LogP contribution in [0.4, 0.5) is 8.78 Å². The van der Waals surface area contributed by atoms with Gasteiger partial charge in [-0.1, -0.05) is 24.3 Å². The minimum Gasteiger partial charge on any atom is -0.245 e. The molecule has 2 rings (SSSR count). The van der Waals surface area contributed by atoms with Crippen LogP contribution in [0.3, 0.4) is 0 Å². The van der Waals surface area contributed by atoms with Crippen molar-refractivity contribution in [2.75, 3.05) is 0 Å². The zero-order valence-corrected chi connectivity index (χ0v) is 7.97. The molecule has 0 radical (unpaired) electrons. The number of alkyl halides is 2. The summed E-state index contributed by atoms with van der Waals surface area (Å²) in [5.74, 6) is 0. The van der Waals surface area contributed by atoms with Crippen molar-refractivity contribution < 1.29 is 8.78 Å². The number of hydrogen-bond acceptors (Lipinski definition) is 2. The molecule has 0 spiro atoms. The van der Waals surface area contributed by atoms with Crippen LogP contribution in [0.1, 0.15) is 12.0 Å². The predicted molar refractivity (Wildman–Crippen MR) is 52.5 cm³/mol. The summed E-state index contributed by atoms with van der Waals surface area (Å²) in [7, 11) is 0. The number of hydrogen-bond donors (Lipinski definition) is 0. The van der Waals surface area contributed by atoms with Crippen molar-refractivity contribution in [3.8, 4) is 10.6 Å². The van der Waals surface area contributed by atoms with Gasteiger partial charge in [0.05, 0.1) is 0 Å². The molecule has 72 valence electrons. The molecule has 0 saturated carbocycles. The van der Waals surface area contributed by atoms with Crippen molar-refractivity contribution in [3.63, 3.8) is 0 Å². The van der Waals surface area contributed by atoms with Gasteiger partial charge in [-0.3, -0.25) is 0 Å². The highest BCUT2D eigenvalue weighted by Crippen LogP contribution is 2.31. The number of thiazole rings is 1. The van der Waals surface area contributed by atoms with Gasteiger partial charge in [-0.2, -0.15) is 0 Å². The van der Waals surface area contributed by atoms with Crippen molar-refractivity contribution in [2.24, 2.45) is 0 Å². The van der Waals surface area contributed by atoms with Crippen molar-refractivity contribution in [1.29, 1.82) is 0 Å². The van der Waals surface area contributed by atoms with Crippen LogP contribution in [0.5, 0.6) is 0 Å². The molecule has 0 unspecified atom stereocenters. The third-order valence-corrected chi connectivity index (χ3v) is 2.66. The van der Waals surface area contributed by atoms with Crippen LogP contribution in [0, 0.1) is 0 Å². The normalized spacial score (nSPS) is 10.8. The second-order valence-corrected chi connectivity index (χ2v) is 3.62. The zero-order chi connectivity index (χ0) is 9.97. The minimum atomic E-state index is -2.45. The molecular formula is C10H7F2NS. The number of rotatable bonds is 2. The van der Waals surface area contributed by atoms with Gasteiger partial charge >= 0.3 is 0 Å². The van der Waals surface area contributed by atoms with Crippen LogP contribution in [-0.4, -0.2) is 4.98 Å². The van der Waals surface area contributed by atoms with E-state index in [-0.39, 0.29) is 5.56 Å². The molecule has 0 atom stereocenters.